The van der Waals surface area contributed by atoms with Crippen LogP contribution in [0.4, 0.5) is 5.82 Å². The Hall–Kier alpha value is -1.37. The molecule has 0 aliphatic rings. The van der Waals surface area contributed by atoms with E-state index >= 15 is 0 Å². The van der Waals surface area contributed by atoms with Crippen LogP contribution in [0, 0.1) is 13.8 Å². The van der Waals surface area contributed by atoms with Crippen LogP contribution in [0.15, 0.2) is 29.2 Å². The number of anilines is 1. The molecule has 0 saturated carbocycles. The van der Waals surface area contributed by atoms with Crippen LogP contribution in [0.2, 0.25) is 10.4 Å². The topological polar surface area (TPSA) is 72.0 Å². The van der Waals surface area contributed by atoms with Crippen molar-refractivity contribution < 1.29 is 8.42 Å². The third kappa shape index (κ3) is 3.59. The third-order valence-electron chi connectivity index (χ3n) is 2.41. The Balaban J connectivity index is 2.40. The quantitative estimate of drug-likeness (QED) is 0.692. The molecule has 1 N–H and O–H groups in total. The highest BCUT2D eigenvalue weighted by atomic mass is 35.5. The van der Waals surface area contributed by atoms with Gasteiger partial charge in [-0.3, -0.25) is 4.72 Å². The Morgan fingerprint density at radius 1 is 1.00 bits per heavy atom. The van der Waals surface area contributed by atoms with Crippen molar-refractivity contribution in [3.05, 3.63) is 45.8 Å². The normalized spacial score (nSPS) is 11.4. The minimum absolute atomic E-state index is 0.0224. The zero-order valence-corrected chi connectivity index (χ0v) is 13.0. The van der Waals surface area contributed by atoms with Gasteiger partial charge in [0.1, 0.15) is 11.0 Å². The maximum Gasteiger partial charge on any atom is 0.263 e. The van der Waals surface area contributed by atoms with E-state index in [0.717, 1.165) is 11.1 Å². The molecule has 0 atom stereocenters. The van der Waals surface area contributed by atoms with Gasteiger partial charge in [0, 0.05) is 6.07 Å². The summed E-state index contributed by atoms with van der Waals surface area (Å²) in [5, 5.41) is -0.0706. The lowest BCUT2D eigenvalue weighted by Crippen LogP contribution is -2.14. The second kappa shape index (κ2) is 5.55. The molecule has 0 aliphatic heterocycles. The number of nitrogens with zero attached hydrogens (tertiary/aromatic N) is 2. The molecule has 8 heteroatoms. The standard InChI is InChI=1S/C12H11Cl2N3O2S/c1-7-3-8(2)5-9(4-7)20(18,19)17-11-6-10(13)15-12(14)16-11/h3-6H,1-2H3,(H,15,16,17). The Labute approximate surface area is 127 Å². The van der Waals surface area contributed by atoms with Crippen molar-refractivity contribution in [1.82, 2.24) is 9.97 Å². The number of aryl methyl sites for hydroxylation is 2. The lowest BCUT2D eigenvalue weighted by atomic mass is 10.2. The lowest BCUT2D eigenvalue weighted by molar-refractivity contribution is 0.601. The molecule has 0 unspecified atom stereocenters. The number of rotatable bonds is 3. The van der Waals surface area contributed by atoms with E-state index in [4.69, 9.17) is 23.2 Å². The molecule has 0 amide bonds. The summed E-state index contributed by atoms with van der Waals surface area (Å²) < 4.78 is 26.9. The lowest BCUT2D eigenvalue weighted by Gasteiger charge is -2.09. The van der Waals surface area contributed by atoms with Crippen LogP contribution in [0.5, 0.6) is 0 Å². The van der Waals surface area contributed by atoms with Gasteiger partial charge in [-0.2, -0.15) is 4.98 Å². The molecular formula is C12H11Cl2N3O2S. The molecule has 1 aromatic carbocycles. The van der Waals surface area contributed by atoms with Gasteiger partial charge in [0.05, 0.1) is 4.90 Å². The summed E-state index contributed by atoms with van der Waals surface area (Å²) in [5.74, 6) is 0.0224. The van der Waals surface area contributed by atoms with Crippen molar-refractivity contribution in [3.8, 4) is 0 Å². The second-order valence-corrected chi connectivity index (χ2v) is 6.68. The summed E-state index contributed by atoms with van der Waals surface area (Å²) in [4.78, 5) is 7.57. The molecule has 20 heavy (non-hydrogen) atoms. The van der Waals surface area contributed by atoms with Gasteiger partial charge in [-0.25, -0.2) is 13.4 Å². The number of halogens is 2. The molecule has 0 spiro atoms. The molecular weight excluding hydrogens is 321 g/mol. The SMILES string of the molecule is Cc1cc(C)cc(S(=O)(=O)Nc2cc(Cl)nc(Cl)n2)c1. The van der Waals surface area contributed by atoms with Crippen LogP contribution in [-0.2, 0) is 10.0 Å². The first kappa shape index (κ1) is 15.0. The number of hydrogen-bond acceptors (Lipinski definition) is 4. The van der Waals surface area contributed by atoms with Gasteiger partial charge in [0.25, 0.3) is 10.0 Å². The molecule has 0 saturated heterocycles. The fourth-order valence-corrected chi connectivity index (χ4v) is 3.32. The van der Waals surface area contributed by atoms with Crippen LogP contribution < -0.4 is 4.72 Å². The monoisotopic (exact) mass is 331 g/mol. The Morgan fingerprint density at radius 3 is 2.15 bits per heavy atom. The Bertz CT molecular complexity index is 723. The van der Waals surface area contributed by atoms with E-state index in [1.54, 1.807) is 12.1 Å². The first-order valence-electron chi connectivity index (χ1n) is 5.57. The minimum Gasteiger partial charge on any atom is -0.263 e. The third-order valence-corrected chi connectivity index (χ3v) is 4.11. The van der Waals surface area contributed by atoms with Gasteiger partial charge in [-0.05, 0) is 48.7 Å². The van der Waals surface area contributed by atoms with Crippen LogP contribution in [-0.4, -0.2) is 18.4 Å². The van der Waals surface area contributed by atoms with Gasteiger partial charge in [0.2, 0.25) is 5.28 Å². The molecule has 1 heterocycles. The molecule has 1 aromatic heterocycles. The first-order valence-corrected chi connectivity index (χ1v) is 7.81. The summed E-state index contributed by atoms with van der Waals surface area (Å²) in [7, 11) is -3.75. The van der Waals surface area contributed by atoms with E-state index in [1.165, 1.54) is 6.07 Å². The zero-order chi connectivity index (χ0) is 14.9. The van der Waals surface area contributed by atoms with Gasteiger partial charge in [-0.1, -0.05) is 17.7 Å². The minimum atomic E-state index is -3.75. The molecule has 2 aromatic rings. The second-order valence-electron chi connectivity index (χ2n) is 4.27. The van der Waals surface area contributed by atoms with E-state index in [9.17, 15) is 8.42 Å². The smallest absolute Gasteiger partial charge is 0.263 e. The van der Waals surface area contributed by atoms with Crippen molar-refractivity contribution in [2.45, 2.75) is 18.7 Å². The maximum absolute atomic E-state index is 12.3. The highest BCUT2D eigenvalue weighted by Crippen LogP contribution is 2.20. The van der Waals surface area contributed by atoms with Crippen LogP contribution in [0.25, 0.3) is 0 Å². The average Bonchev–Trinajstić information content (AvgIpc) is 2.25. The predicted octanol–water partition coefficient (Wildman–Crippen LogP) is 3.20. The number of benzene rings is 1. The molecule has 2 rings (SSSR count). The Morgan fingerprint density at radius 2 is 1.60 bits per heavy atom. The molecule has 0 bridgehead atoms. The van der Waals surface area contributed by atoms with E-state index in [2.05, 4.69) is 14.7 Å². The maximum atomic E-state index is 12.3. The van der Waals surface area contributed by atoms with Crippen molar-refractivity contribution in [3.63, 3.8) is 0 Å². The van der Waals surface area contributed by atoms with Crippen LogP contribution in [0.3, 0.4) is 0 Å². The molecule has 0 fully saturated rings. The predicted molar refractivity (Wildman–Crippen MR) is 78.8 cm³/mol. The van der Waals surface area contributed by atoms with Gasteiger partial charge in [-0.15, -0.1) is 0 Å². The molecule has 5 nitrogen and oxygen atoms in total. The van der Waals surface area contributed by atoms with Gasteiger partial charge in [0.15, 0.2) is 0 Å². The zero-order valence-electron chi connectivity index (χ0n) is 10.7. The van der Waals surface area contributed by atoms with Crippen LogP contribution >= 0.6 is 23.2 Å². The van der Waals surface area contributed by atoms with Crippen molar-refractivity contribution in [2.24, 2.45) is 0 Å². The summed E-state index contributed by atoms with van der Waals surface area (Å²) in [6, 6.07) is 6.31. The fraction of sp³-hybridized carbons (Fsp3) is 0.167. The average molecular weight is 332 g/mol. The summed E-state index contributed by atoms with van der Waals surface area (Å²) in [5.41, 5.74) is 1.70. The van der Waals surface area contributed by atoms with E-state index in [-0.39, 0.29) is 21.2 Å². The van der Waals surface area contributed by atoms with Crippen LogP contribution in [0.1, 0.15) is 11.1 Å². The largest absolute Gasteiger partial charge is 0.263 e. The summed E-state index contributed by atoms with van der Waals surface area (Å²) in [6.45, 7) is 3.65. The van der Waals surface area contributed by atoms with Gasteiger partial charge >= 0.3 is 0 Å². The highest BCUT2D eigenvalue weighted by Gasteiger charge is 2.16. The summed E-state index contributed by atoms with van der Waals surface area (Å²) >= 11 is 11.3. The molecule has 106 valence electrons. The van der Waals surface area contributed by atoms with Crippen molar-refractivity contribution >= 4 is 39.0 Å². The fourth-order valence-electron chi connectivity index (χ4n) is 1.73. The highest BCUT2D eigenvalue weighted by molar-refractivity contribution is 7.92. The number of aromatic nitrogens is 2. The number of nitrogens with one attached hydrogen (secondary N) is 1. The summed E-state index contributed by atoms with van der Waals surface area (Å²) in [6.07, 6.45) is 0. The van der Waals surface area contributed by atoms with Crippen molar-refractivity contribution in [1.29, 1.82) is 0 Å². The number of sulfonamides is 1. The molecule has 0 radical (unpaired) electrons. The van der Waals surface area contributed by atoms with Crippen molar-refractivity contribution in [2.75, 3.05) is 4.72 Å². The van der Waals surface area contributed by atoms with E-state index in [1.807, 2.05) is 19.9 Å². The first-order chi connectivity index (χ1) is 9.26. The van der Waals surface area contributed by atoms with E-state index in [0.29, 0.717) is 0 Å². The van der Waals surface area contributed by atoms with Gasteiger partial charge < -0.3 is 0 Å². The number of hydrogen-bond donors (Lipinski definition) is 1. The van der Waals surface area contributed by atoms with E-state index < -0.39 is 10.0 Å². The molecule has 0 aliphatic carbocycles. The Kier molecular flexibility index (Phi) is 4.17.